The molecule has 0 aromatic heterocycles. The van der Waals surface area contributed by atoms with Crippen LogP contribution in [0.25, 0.3) is 0 Å². The molecule has 0 radical (unpaired) electrons. The van der Waals surface area contributed by atoms with E-state index in [0.29, 0.717) is 0 Å². The molecular formula is C13H25IN2. The third-order valence-corrected chi connectivity index (χ3v) is 5.30. The van der Waals surface area contributed by atoms with Crippen molar-refractivity contribution in [2.24, 2.45) is 5.92 Å². The molecule has 0 aromatic rings. The summed E-state index contributed by atoms with van der Waals surface area (Å²) in [5.41, 5.74) is 0. The Morgan fingerprint density at radius 3 is 2.12 bits per heavy atom. The molecule has 0 N–H and O–H groups in total. The van der Waals surface area contributed by atoms with Gasteiger partial charge < -0.3 is 0 Å². The Labute approximate surface area is 114 Å². The van der Waals surface area contributed by atoms with Crippen molar-refractivity contribution in [1.82, 2.24) is 8.01 Å². The van der Waals surface area contributed by atoms with Crippen LogP contribution in [0.5, 0.6) is 0 Å². The lowest BCUT2D eigenvalue weighted by Crippen LogP contribution is -2.58. The normalized spacial score (nSPS) is 33.0. The fourth-order valence-electron chi connectivity index (χ4n) is 3.31. The zero-order valence-corrected chi connectivity index (χ0v) is 12.8. The first-order valence-corrected chi connectivity index (χ1v) is 7.87. The monoisotopic (exact) mass is 336 g/mol. The molecule has 0 spiro atoms. The Bertz CT molecular complexity index is 208. The Morgan fingerprint density at radius 1 is 1.06 bits per heavy atom. The molecule has 1 aliphatic heterocycles. The van der Waals surface area contributed by atoms with Gasteiger partial charge >= 0.3 is 0 Å². The predicted molar refractivity (Wildman–Crippen MR) is 77.8 cm³/mol. The lowest BCUT2D eigenvalue weighted by Gasteiger charge is -2.47. The lowest BCUT2D eigenvalue weighted by molar-refractivity contribution is 0.0442. The van der Waals surface area contributed by atoms with E-state index in [1.54, 1.807) is 0 Å². The van der Waals surface area contributed by atoms with E-state index in [4.69, 9.17) is 0 Å². The first-order chi connectivity index (χ1) is 7.74. The second kappa shape index (κ2) is 6.01. The number of nitrogens with zero attached hydrogens (tertiary/aromatic N) is 2. The topological polar surface area (TPSA) is 6.48 Å². The Balaban J connectivity index is 1.81. The van der Waals surface area contributed by atoms with Crippen LogP contribution in [0.15, 0.2) is 0 Å². The highest BCUT2D eigenvalue weighted by Gasteiger charge is 2.34. The molecule has 2 rings (SSSR count). The molecule has 0 bridgehead atoms. The number of rotatable bonds is 4. The van der Waals surface area contributed by atoms with E-state index < -0.39 is 0 Å². The van der Waals surface area contributed by atoms with E-state index in [0.717, 1.165) is 18.0 Å². The second-order valence-corrected chi connectivity index (χ2v) is 6.76. The largest absolute Gasteiger partial charge is 0.295 e. The molecule has 2 aliphatic rings. The quantitative estimate of drug-likeness (QED) is 0.574. The molecule has 2 nitrogen and oxygen atoms in total. The molecule has 3 heteroatoms. The van der Waals surface area contributed by atoms with E-state index in [1.807, 2.05) is 0 Å². The molecule has 1 saturated heterocycles. The highest BCUT2D eigenvalue weighted by Crippen LogP contribution is 2.32. The number of halogens is 1. The van der Waals surface area contributed by atoms with Crippen molar-refractivity contribution in [2.75, 3.05) is 19.6 Å². The van der Waals surface area contributed by atoms with Crippen LogP contribution in [0.4, 0.5) is 0 Å². The summed E-state index contributed by atoms with van der Waals surface area (Å²) in [4.78, 5) is 2.78. The van der Waals surface area contributed by atoms with Crippen LogP contribution in [-0.4, -0.2) is 39.7 Å². The van der Waals surface area contributed by atoms with Crippen molar-refractivity contribution in [2.45, 2.75) is 58.0 Å². The van der Waals surface area contributed by atoms with Gasteiger partial charge in [0.15, 0.2) is 0 Å². The predicted octanol–water partition coefficient (Wildman–Crippen LogP) is 3.31. The molecule has 0 unspecified atom stereocenters. The minimum Gasteiger partial charge on any atom is -0.295 e. The summed E-state index contributed by atoms with van der Waals surface area (Å²) in [5.74, 6) is 1.03. The first-order valence-electron chi connectivity index (χ1n) is 6.91. The molecule has 0 aromatic carbocycles. The fraction of sp³-hybridized carbons (Fsp3) is 1.00. The van der Waals surface area contributed by atoms with Crippen molar-refractivity contribution in [3.05, 3.63) is 0 Å². The highest BCUT2D eigenvalue weighted by molar-refractivity contribution is 14.1. The number of hydrogen-bond donors (Lipinski definition) is 0. The van der Waals surface area contributed by atoms with Crippen molar-refractivity contribution in [3.63, 3.8) is 0 Å². The lowest BCUT2D eigenvalue weighted by atomic mass is 9.83. The maximum Gasteiger partial charge on any atom is 0.0369 e. The maximum absolute atomic E-state index is 2.78. The van der Waals surface area contributed by atoms with Gasteiger partial charge in [0.25, 0.3) is 0 Å². The molecule has 0 amide bonds. The average molecular weight is 336 g/mol. The van der Waals surface area contributed by atoms with Crippen molar-refractivity contribution in [1.29, 1.82) is 0 Å². The summed E-state index contributed by atoms with van der Waals surface area (Å²) in [6.45, 7) is 8.49. The zero-order chi connectivity index (χ0) is 11.5. The van der Waals surface area contributed by atoms with Gasteiger partial charge in [-0.25, -0.2) is 3.11 Å². The molecule has 1 aliphatic carbocycles. The standard InChI is InChI=1S/C13H25IN2/c1-3-11-5-7-12(8-6-11)16(4-2)13-9-15(14)10-13/h11-13H,3-10H2,1-2H3/t11-,12-. The fourth-order valence-corrected chi connectivity index (χ4v) is 4.22. The molecule has 16 heavy (non-hydrogen) atoms. The van der Waals surface area contributed by atoms with Crippen LogP contribution in [0.1, 0.15) is 46.0 Å². The van der Waals surface area contributed by atoms with Crippen molar-refractivity contribution in [3.8, 4) is 0 Å². The van der Waals surface area contributed by atoms with Crippen LogP contribution in [-0.2, 0) is 0 Å². The van der Waals surface area contributed by atoms with Crippen molar-refractivity contribution < 1.29 is 0 Å². The van der Waals surface area contributed by atoms with Gasteiger partial charge in [0.2, 0.25) is 0 Å². The molecule has 94 valence electrons. The minimum absolute atomic E-state index is 0.852. The molecule has 1 saturated carbocycles. The van der Waals surface area contributed by atoms with Gasteiger partial charge in [-0.1, -0.05) is 20.3 Å². The molecular weight excluding hydrogens is 311 g/mol. The van der Waals surface area contributed by atoms with Crippen LogP contribution in [0.2, 0.25) is 0 Å². The summed E-state index contributed by atoms with van der Waals surface area (Å²) in [5, 5.41) is 0. The summed E-state index contributed by atoms with van der Waals surface area (Å²) in [7, 11) is 0. The molecule has 0 atom stereocenters. The third-order valence-electron chi connectivity index (χ3n) is 4.51. The van der Waals surface area contributed by atoms with Gasteiger partial charge in [-0.2, -0.15) is 0 Å². The van der Waals surface area contributed by atoms with Gasteiger partial charge in [0.1, 0.15) is 0 Å². The van der Waals surface area contributed by atoms with Gasteiger partial charge in [-0.15, -0.1) is 0 Å². The Hall–Kier alpha value is 0.650. The SMILES string of the molecule is CCN(C1CN(I)C1)[C@H]1CC[C@H](CC)CC1. The zero-order valence-electron chi connectivity index (χ0n) is 10.7. The van der Waals surface area contributed by atoms with E-state index in [-0.39, 0.29) is 0 Å². The summed E-state index contributed by atoms with van der Waals surface area (Å²) < 4.78 is 2.41. The Morgan fingerprint density at radius 2 is 1.69 bits per heavy atom. The maximum atomic E-state index is 2.78. The van der Waals surface area contributed by atoms with Crippen LogP contribution < -0.4 is 0 Å². The number of hydrogen-bond acceptors (Lipinski definition) is 2. The average Bonchev–Trinajstić information content (AvgIpc) is 2.28. The van der Waals surface area contributed by atoms with Gasteiger partial charge in [-0.05, 0) is 38.1 Å². The van der Waals surface area contributed by atoms with Crippen LogP contribution in [0.3, 0.4) is 0 Å². The summed E-state index contributed by atoms with van der Waals surface area (Å²) in [6, 6.07) is 1.74. The minimum atomic E-state index is 0.852. The third kappa shape index (κ3) is 2.91. The van der Waals surface area contributed by atoms with E-state index >= 15 is 0 Å². The second-order valence-electron chi connectivity index (χ2n) is 5.39. The molecule has 1 heterocycles. The number of likely N-dealkylation sites (N-methyl/N-ethyl adjacent to an activating group) is 1. The van der Waals surface area contributed by atoms with Gasteiger partial charge in [0.05, 0.1) is 0 Å². The molecule has 2 fully saturated rings. The van der Waals surface area contributed by atoms with Crippen LogP contribution in [0, 0.1) is 5.92 Å². The first kappa shape index (κ1) is 13.1. The van der Waals surface area contributed by atoms with Crippen molar-refractivity contribution >= 4 is 22.9 Å². The smallest absolute Gasteiger partial charge is 0.0369 e. The van der Waals surface area contributed by atoms with Gasteiger partial charge in [0, 0.05) is 48.0 Å². The van der Waals surface area contributed by atoms with Crippen LogP contribution >= 0.6 is 22.9 Å². The van der Waals surface area contributed by atoms with E-state index in [9.17, 15) is 0 Å². The van der Waals surface area contributed by atoms with E-state index in [1.165, 1.54) is 51.7 Å². The highest BCUT2D eigenvalue weighted by atomic mass is 127. The summed E-state index contributed by atoms with van der Waals surface area (Å²) >= 11 is 2.44. The summed E-state index contributed by atoms with van der Waals surface area (Å²) in [6.07, 6.45) is 7.23. The van der Waals surface area contributed by atoms with Gasteiger partial charge in [-0.3, -0.25) is 4.90 Å². The Kier molecular flexibility index (Phi) is 4.91. The van der Waals surface area contributed by atoms with E-state index in [2.05, 4.69) is 44.7 Å².